The van der Waals surface area contributed by atoms with Gasteiger partial charge in [-0.3, -0.25) is 0 Å². The Labute approximate surface area is 633 Å². The Morgan fingerprint density at radius 1 is 0.165 bits per heavy atom. The lowest BCUT2D eigenvalue weighted by Crippen LogP contribution is -2.14. The first kappa shape index (κ1) is 65.4. The molecular formula is C101H68N8. The van der Waals surface area contributed by atoms with Crippen LogP contribution in [0.2, 0.25) is 0 Å². The number of aromatic nitrogens is 8. The van der Waals surface area contributed by atoms with Gasteiger partial charge in [-0.25, -0.2) is 39.9 Å². The summed E-state index contributed by atoms with van der Waals surface area (Å²) in [5.74, 6) is 4.33. The van der Waals surface area contributed by atoms with Crippen molar-refractivity contribution in [3.05, 3.63) is 387 Å². The fraction of sp³-hybridized carbons (Fsp3) is 0.0297. The van der Waals surface area contributed by atoms with Gasteiger partial charge in [0.05, 0.1) is 11.4 Å². The lowest BCUT2D eigenvalue weighted by molar-refractivity contribution is 0.660. The first-order valence-corrected chi connectivity index (χ1v) is 36.9. The molecule has 0 amide bonds. The maximum atomic E-state index is 5.28. The summed E-state index contributed by atoms with van der Waals surface area (Å²) in [7, 11) is 0. The maximum absolute atomic E-state index is 5.28. The van der Waals surface area contributed by atoms with Crippen LogP contribution in [0.3, 0.4) is 0 Å². The molecule has 1 aliphatic rings. The monoisotopic (exact) mass is 1390 g/mol. The molecule has 0 aliphatic heterocycles. The summed E-state index contributed by atoms with van der Waals surface area (Å²) in [6.45, 7) is 4.70. The highest BCUT2D eigenvalue weighted by Crippen LogP contribution is 2.54. The molecule has 8 heteroatoms. The van der Waals surface area contributed by atoms with Crippen molar-refractivity contribution in [2.75, 3.05) is 0 Å². The molecule has 0 unspecified atom stereocenters. The highest BCUT2D eigenvalue weighted by molar-refractivity contribution is 6.05. The lowest BCUT2D eigenvalue weighted by Gasteiger charge is -2.22. The van der Waals surface area contributed by atoms with Crippen LogP contribution < -0.4 is 0 Å². The van der Waals surface area contributed by atoms with Gasteiger partial charge in [-0.05, 0) is 112 Å². The Morgan fingerprint density at radius 2 is 0.440 bits per heavy atom. The topological polar surface area (TPSA) is 103 Å². The predicted octanol–water partition coefficient (Wildman–Crippen LogP) is 25.3. The van der Waals surface area contributed by atoms with Crippen LogP contribution in [0.25, 0.3) is 191 Å². The standard InChI is InChI=1S/C101H68N8/c1-101(2)89-37-21-20-35-87(89)93-86(36-22-38-90(93)101)88-63-80(67-41-51-72(52-42-67)92-64-91(102-94(103-92)73-25-10-4-11-26-73)71-49-39-66(40-50-71)65-23-8-3-9-24-65)59-60-83(88)70-47-57-79(58-48-70)100-108-97(76-31-16-7-17-32-76)107-99(109-100)78-55-45-69(46-56-78)82-62-61-81(84-33-18-19-34-85(82)84)68-43-53-77(54-44-68)98-105-95(74-27-12-5-13-28-74)104-96(106-98)75-29-14-6-15-30-75/h3-64H,1-2H3. The van der Waals surface area contributed by atoms with Crippen molar-refractivity contribution in [2.45, 2.75) is 19.3 Å². The minimum absolute atomic E-state index is 0.186. The van der Waals surface area contributed by atoms with E-state index in [2.05, 4.69) is 287 Å². The number of nitrogens with zero attached hydrogens (tertiary/aromatic N) is 8. The number of hydrogen-bond donors (Lipinski definition) is 0. The van der Waals surface area contributed by atoms with Crippen LogP contribution >= 0.6 is 0 Å². The molecule has 512 valence electrons. The SMILES string of the molecule is CC1(C)c2ccccc2-c2c(-c3cc(-c4ccc(-c5cc(-c6ccc(-c7ccccc7)cc6)nc(-c6ccccc6)n5)cc4)ccc3-c3ccc(-c4nc(-c5ccccc5)nc(-c5ccc(-c6ccc(-c7ccc(-c8nc(-c9ccccc9)nc(-c9ccccc9)n8)cc7)c7ccccc67)cc5)n4)cc3)cccc21. The molecule has 19 rings (SSSR count). The van der Waals surface area contributed by atoms with E-state index in [-0.39, 0.29) is 5.41 Å². The normalized spacial score (nSPS) is 12.0. The first-order valence-electron chi connectivity index (χ1n) is 36.9. The Balaban J connectivity index is 0.641. The van der Waals surface area contributed by atoms with Gasteiger partial charge < -0.3 is 0 Å². The molecule has 8 nitrogen and oxygen atoms in total. The minimum Gasteiger partial charge on any atom is -0.228 e. The van der Waals surface area contributed by atoms with E-state index in [9.17, 15) is 0 Å². The van der Waals surface area contributed by atoms with E-state index >= 15 is 0 Å². The molecule has 0 spiro atoms. The quantitative estimate of drug-likeness (QED) is 0.1000. The zero-order valence-electron chi connectivity index (χ0n) is 59.9. The largest absolute Gasteiger partial charge is 0.228 e. The zero-order valence-corrected chi connectivity index (χ0v) is 59.9. The van der Waals surface area contributed by atoms with Crippen LogP contribution in [0.15, 0.2) is 376 Å². The van der Waals surface area contributed by atoms with Crippen LogP contribution in [0.1, 0.15) is 25.0 Å². The van der Waals surface area contributed by atoms with E-state index < -0.39 is 0 Å². The Morgan fingerprint density at radius 3 is 0.862 bits per heavy atom. The average molecular weight is 1390 g/mol. The lowest BCUT2D eigenvalue weighted by atomic mass is 9.81. The van der Waals surface area contributed by atoms with Gasteiger partial charge in [0.25, 0.3) is 0 Å². The van der Waals surface area contributed by atoms with E-state index in [1.807, 2.05) is 103 Å². The van der Waals surface area contributed by atoms with Gasteiger partial charge in [0, 0.05) is 55.5 Å². The molecule has 15 aromatic carbocycles. The first-order chi connectivity index (χ1) is 53.7. The third kappa shape index (κ3) is 12.6. The molecule has 0 atom stereocenters. The van der Waals surface area contributed by atoms with Gasteiger partial charge in [-0.15, -0.1) is 0 Å². The van der Waals surface area contributed by atoms with Crippen LogP contribution in [0.5, 0.6) is 0 Å². The van der Waals surface area contributed by atoms with E-state index in [1.165, 1.54) is 33.4 Å². The smallest absolute Gasteiger partial charge is 0.164 e. The van der Waals surface area contributed by atoms with Crippen molar-refractivity contribution < 1.29 is 0 Å². The maximum Gasteiger partial charge on any atom is 0.164 e. The molecule has 18 aromatic rings. The molecule has 3 aromatic heterocycles. The molecular weight excluding hydrogens is 1330 g/mol. The van der Waals surface area contributed by atoms with Crippen molar-refractivity contribution >= 4 is 10.8 Å². The number of benzene rings is 15. The second-order valence-corrected chi connectivity index (χ2v) is 28.2. The van der Waals surface area contributed by atoms with Gasteiger partial charge in [0.1, 0.15) is 0 Å². The summed E-state index contributed by atoms with van der Waals surface area (Å²) in [6.07, 6.45) is 0. The highest BCUT2D eigenvalue weighted by Gasteiger charge is 2.37. The number of hydrogen-bond acceptors (Lipinski definition) is 8. The third-order valence-electron chi connectivity index (χ3n) is 21.1. The van der Waals surface area contributed by atoms with E-state index in [1.54, 1.807) is 0 Å². The molecule has 0 saturated heterocycles. The summed E-state index contributed by atoms with van der Waals surface area (Å²) in [5.41, 5.74) is 28.7. The number of rotatable bonds is 15. The molecule has 1 aliphatic carbocycles. The summed E-state index contributed by atoms with van der Waals surface area (Å²) in [4.78, 5) is 40.9. The number of fused-ring (bicyclic) bond motifs is 4. The van der Waals surface area contributed by atoms with Crippen molar-refractivity contribution in [1.29, 1.82) is 0 Å². The summed E-state index contributed by atoms with van der Waals surface area (Å²) in [6, 6.07) is 132. The van der Waals surface area contributed by atoms with Crippen LogP contribution in [0.4, 0.5) is 0 Å². The Kier molecular flexibility index (Phi) is 16.8. The van der Waals surface area contributed by atoms with Crippen molar-refractivity contribution in [3.63, 3.8) is 0 Å². The predicted molar refractivity (Wildman–Crippen MR) is 445 cm³/mol. The molecule has 0 radical (unpaired) electrons. The van der Waals surface area contributed by atoms with Crippen molar-refractivity contribution in [3.8, 4) is 180 Å². The fourth-order valence-corrected chi connectivity index (χ4v) is 15.4. The van der Waals surface area contributed by atoms with Gasteiger partial charge in [0.15, 0.2) is 40.8 Å². The summed E-state index contributed by atoms with van der Waals surface area (Å²) >= 11 is 0. The van der Waals surface area contributed by atoms with Gasteiger partial charge in [-0.1, -0.05) is 378 Å². The van der Waals surface area contributed by atoms with E-state index in [0.717, 1.165) is 128 Å². The Hall–Kier alpha value is -14.3. The van der Waals surface area contributed by atoms with Crippen LogP contribution in [0, 0.1) is 0 Å². The van der Waals surface area contributed by atoms with Crippen molar-refractivity contribution in [1.82, 2.24) is 39.9 Å². The third-order valence-corrected chi connectivity index (χ3v) is 21.1. The summed E-state index contributed by atoms with van der Waals surface area (Å²) < 4.78 is 0. The second kappa shape index (κ2) is 27.9. The summed E-state index contributed by atoms with van der Waals surface area (Å²) in [5, 5.41) is 2.30. The molecule has 0 fully saturated rings. The minimum atomic E-state index is -0.186. The van der Waals surface area contributed by atoms with E-state index in [0.29, 0.717) is 40.8 Å². The van der Waals surface area contributed by atoms with Gasteiger partial charge in [-0.2, -0.15) is 0 Å². The molecule has 0 saturated carbocycles. The van der Waals surface area contributed by atoms with Gasteiger partial charge >= 0.3 is 0 Å². The van der Waals surface area contributed by atoms with E-state index in [4.69, 9.17) is 39.9 Å². The molecule has 109 heavy (non-hydrogen) atoms. The fourth-order valence-electron chi connectivity index (χ4n) is 15.4. The van der Waals surface area contributed by atoms with Crippen LogP contribution in [-0.2, 0) is 5.41 Å². The molecule has 0 N–H and O–H groups in total. The second-order valence-electron chi connectivity index (χ2n) is 28.2. The van der Waals surface area contributed by atoms with Gasteiger partial charge in [0.2, 0.25) is 0 Å². The zero-order chi connectivity index (χ0) is 72.8. The van der Waals surface area contributed by atoms with Crippen LogP contribution in [-0.4, -0.2) is 39.9 Å². The van der Waals surface area contributed by atoms with Crippen molar-refractivity contribution in [2.24, 2.45) is 0 Å². The Bertz CT molecular complexity index is 6360. The highest BCUT2D eigenvalue weighted by atomic mass is 15.0. The molecule has 0 bridgehead atoms. The molecule has 3 heterocycles. The average Bonchev–Trinajstić information content (AvgIpc) is 1.57.